The number of aromatic nitrogens is 1. The Morgan fingerprint density at radius 1 is 1.50 bits per heavy atom. The summed E-state index contributed by atoms with van der Waals surface area (Å²) in [6.45, 7) is 0. The second kappa shape index (κ2) is 4.63. The van der Waals surface area contributed by atoms with Crippen molar-refractivity contribution in [3.63, 3.8) is 0 Å². The van der Waals surface area contributed by atoms with Crippen molar-refractivity contribution in [2.45, 2.75) is 0 Å². The molecule has 0 spiro atoms. The lowest BCUT2D eigenvalue weighted by Crippen LogP contribution is -2.25. The predicted octanol–water partition coefficient (Wildman–Crippen LogP) is 3.07. The zero-order valence-electron chi connectivity index (χ0n) is 8.55. The van der Waals surface area contributed by atoms with E-state index in [0.29, 0.717) is 10.6 Å². The first-order chi connectivity index (χ1) is 7.70. The zero-order chi connectivity index (χ0) is 11.5. The summed E-state index contributed by atoms with van der Waals surface area (Å²) < 4.78 is 0. The van der Waals surface area contributed by atoms with E-state index in [4.69, 9.17) is 11.6 Å². The van der Waals surface area contributed by atoms with Gasteiger partial charge in [-0.15, -0.1) is 11.3 Å². The Balaban J connectivity index is 2.30. The van der Waals surface area contributed by atoms with E-state index in [1.165, 1.54) is 17.5 Å². The van der Waals surface area contributed by atoms with Crippen molar-refractivity contribution < 1.29 is 4.79 Å². The molecule has 0 fully saturated rings. The van der Waals surface area contributed by atoms with Gasteiger partial charge in [0.15, 0.2) is 0 Å². The average molecular weight is 253 g/mol. The fourth-order valence-electron chi connectivity index (χ4n) is 1.28. The summed E-state index contributed by atoms with van der Waals surface area (Å²) in [6.07, 6.45) is 3.04. The molecule has 16 heavy (non-hydrogen) atoms. The van der Waals surface area contributed by atoms with Gasteiger partial charge < -0.3 is 4.90 Å². The molecule has 0 radical (unpaired) electrons. The molecule has 0 saturated heterocycles. The van der Waals surface area contributed by atoms with E-state index < -0.39 is 0 Å². The highest BCUT2D eigenvalue weighted by atomic mass is 35.5. The third kappa shape index (κ3) is 2.08. The lowest BCUT2D eigenvalue weighted by atomic mass is 10.2. The minimum absolute atomic E-state index is 0.152. The fourth-order valence-corrected chi connectivity index (χ4v) is 2.16. The predicted molar refractivity (Wildman–Crippen MR) is 66.3 cm³/mol. The van der Waals surface area contributed by atoms with E-state index in [1.807, 2.05) is 17.5 Å². The number of halogens is 1. The smallest absolute Gasteiger partial charge is 0.261 e. The van der Waals surface area contributed by atoms with Gasteiger partial charge in [-0.1, -0.05) is 11.6 Å². The summed E-state index contributed by atoms with van der Waals surface area (Å²) in [5.41, 5.74) is 0.417. The molecule has 82 valence electrons. The highest BCUT2D eigenvalue weighted by Gasteiger charge is 2.16. The lowest BCUT2D eigenvalue weighted by molar-refractivity contribution is 0.0993. The van der Waals surface area contributed by atoms with E-state index in [9.17, 15) is 4.79 Å². The summed E-state index contributed by atoms with van der Waals surface area (Å²) in [6, 6.07) is 5.39. The topological polar surface area (TPSA) is 33.2 Å². The van der Waals surface area contributed by atoms with Crippen LogP contribution in [0.3, 0.4) is 0 Å². The molecule has 0 bridgehead atoms. The van der Waals surface area contributed by atoms with Crippen molar-refractivity contribution in [2.75, 3.05) is 11.9 Å². The van der Waals surface area contributed by atoms with Gasteiger partial charge in [0.05, 0.1) is 15.6 Å². The molecular weight excluding hydrogens is 244 g/mol. The van der Waals surface area contributed by atoms with Crippen LogP contribution in [0.5, 0.6) is 0 Å². The van der Waals surface area contributed by atoms with E-state index in [-0.39, 0.29) is 5.91 Å². The molecule has 0 N–H and O–H groups in total. The average Bonchev–Trinajstić information content (AvgIpc) is 2.81. The number of anilines is 1. The molecule has 2 aromatic heterocycles. The van der Waals surface area contributed by atoms with Crippen LogP contribution in [0.4, 0.5) is 5.00 Å². The Kier molecular flexibility index (Phi) is 3.22. The highest BCUT2D eigenvalue weighted by Crippen LogP contribution is 2.23. The molecule has 0 saturated carbocycles. The first kappa shape index (κ1) is 11.1. The molecule has 2 heterocycles. The van der Waals surface area contributed by atoms with Crippen molar-refractivity contribution in [1.82, 2.24) is 4.98 Å². The molecule has 1 amide bonds. The van der Waals surface area contributed by atoms with Crippen molar-refractivity contribution >= 4 is 33.8 Å². The van der Waals surface area contributed by atoms with Crippen molar-refractivity contribution in [3.05, 3.63) is 46.6 Å². The van der Waals surface area contributed by atoms with Crippen LogP contribution in [0.15, 0.2) is 36.0 Å². The summed E-state index contributed by atoms with van der Waals surface area (Å²) >= 11 is 7.44. The van der Waals surface area contributed by atoms with Gasteiger partial charge in [-0.05, 0) is 23.6 Å². The maximum Gasteiger partial charge on any atom is 0.261 e. The van der Waals surface area contributed by atoms with Crippen LogP contribution in [0.25, 0.3) is 0 Å². The summed E-state index contributed by atoms with van der Waals surface area (Å²) in [5, 5.41) is 3.22. The van der Waals surface area contributed by atoms with E-state index in [1.54, 1.807) is 24.2 Å². The fraction of sp³-hybridized carbons (Fsp3) is 0.0909. The van der Waals surface area contributed by atoms with Gasteiger partial charge in [0.25, 0.3) is 5.91 Å². The summed E-state index contributed by atoms with van der Waals surface area (Å²) in [5.74, 6) is -0.152. The number of thiophene rings is 1. The van der Waals surface area contributed by atoms with E-state index in [2.05, 4.69) is 4.98 Å². The van der Waals surface area contributed by atoms with Crippen LogP contribution in [-0.2, 0) is 0 Å². The number of pyridine rings is 1. The number of amides is 1. The largest absolute Gasteiger partial charge is 0.303 e. The number of nitrogens with zero attached hydrogens (tertiary/aromatic N) is 2. The summed E-state index contributed by atoms with van der Waals surface area (Å²) in [7, 11) is 1.72. The van der Waals surface area contributed by atoms with E-state index >= 15 is 0 Å². The van der Waals surface area contributed by atoms with Gasteiger partial charge in [-0.2, -0.15) is 0 Å². The first-order valence-corrected chi connectivity index (χ1v) is 5.87. The Bertz CT molecular complexity index is 498. The standard InChI is InChI=1S/C11H9ClN2OS/c1-14(10-3-2-6-16-10)11(15)8-7-13-5-4-9(8)12/h2-7H,1H3. The zero-order valence-corrected chi connectivity index (χ0v) is 10.1. The molecular formula is C11H9ClN2OS. The minimum Gasteiger partial charge on any atom is -0.303 e. The number of hydrogen-bond donors (Lipinski definition) is 0. The first-order valence-electron chi connectivity index (χ1n) is 4.61. The van der Waals surface area contributed by atoms with Crippen LogP contribution in [-0.4, -0.2) is 17.9 Å². The molecule has 5 heteroatoms. The minimum atomic E-state index is -0.152. The third-order valence-electron chi connectivity index (χ3n) is 2.14. The molecule has 0 unspecified atom stereocenters. The molecule has 0 aliphatic carbocycles. The Hall–Kier alpha value is -1.39. The van der Waals surface area contributed by atoms with Crippen LogP contribution >= 0.6 is 22.9 Å². The highest BCUT2D eigenvalue weighted by molar-refractivity contribution is 7.14. The Morgan fingerprint density at radius 3 is 2.94 bits per heavy atom. The Labute approximate surface area is 102 Å². The number of hydrogen-bond acceptors (Lipinski definition) is 3. The molecule has 2 rings (SSSR count). The van der Waals surface area contributed by atoms with Gasteiger partial charge in [-0.3, -0.25) is 9.78 Å². The molecule has 0 aromatic carbocycles. The molecule has 0 aliphatic heterocycles. The third-order valence-corrected chi connectivity index (χ3v) is 3.41. The molecule has 3 nitrogen and oxygen atoms in total. The van der Waals surface area contributed by atoms with Crippen molar-refractivity contribution in [2.24, 2.45) is 0 Å². The van der Waals surface area contributed by atoms with Gasteiger partial charge in [-0.25, -0.2) is 0 Å². The normalized spacial score (nSPS) is 10.1. The van der Waals surface area contributed by atoms with Crippen molar-refractivity contribution in [1.29, 1.82) is 0 Å². The maximum atomic E-state index is 12.1. The number of carbonyl (C=O) groups is 1. The van der Waals surface area contributed by atoms with Crippen LogP contribution < -0.4 is 4.90 Å². The van der Waals surface area contributed by atoms with Crippen molar-refractivity contribution in [3.8, 4) is 0 Å². The Morgan fingerprint density at radius 2 is 2.31 bits per heavy atom. The summed E-state index contributed by atoms with van der Waals surface area (Å²) in [4.78, 5) is 17.5. The monoisotopic (exact) mass is 252 g/mol. The number of rotatable bonds is 2. The quantitative estimate of drug-likeness (QED) is 0.823. The molecule has 0 atom stereocenters. The lowest BCUT2D eigenvalue weighted by Gasteiger charge is -2.15. The van der Waals surface area contributed by atoms with Gasteiger partial charge >= 0.3 is 0 Å². The van der Waals surface area contributed by atoms with E-state index in [0.717, 1.165) is 5.00 Å². The van der Waals surface area contributed by atoms with Crippen LogP contribution in [0.1, 0.15) is 10.4 Å². The molecule has 0 aliphatic rings. The SMILES string of the molecule is CN(C(=O)c1cnccc1Cl)c1cccs1. The van der Waals surface area contributed by atoms with Gasteiger partial charge in [0, 0.05) is 19.4 Å². The maximum absolute atomic E-state index is 12.1. The van der Waals surface area contributed by atoms with Gasteiger partial charge in [0.1, 0.15) is 0 Å². The second-order valence-electron chi connectivity index (χ2n) is 3.17. The van der Waals surface area contributed by atoms with Crippen LogP contribution in [0, 0.1) is 0 Å². The molecule has 2 aromatic rings. The second-order valence-corrected chi connectivity index (χ2v) is 4.50. The number of carbonyl (C=O) groups excluding carboxylic acids is 1. The van der Waals surface area contributed by atoms with Gasteiger partial charge in [0.2, 0.25) is 0 Å². The van der Waals surface area contributed by atoms with Crippen LogP contribution in [0.2, 0.25) is 5.02 Å².